The van der Waals surface area contributed by atoms with E-state index in [0.717, 1.165) is 38.5 Å². The molecule has 1 aromatic carbocycles. The average molecular weight is 277 g/mol. The summed E-state index contributed by atoms with van der Waals surface area (Å²) in [5, 5.41) is 0. The second kappa shape index (κ2) is 7.50. The minimum atomic E-state index is 0.554. The molecule has 1 fully saturated rings. The number of piperazine rings is 1. The standard InChI is InChI=1S/C16H27N3O/c1-3-4-15(13-17)19-11-9-18(10-12-19)14-5-7-16(20-2)8-6-14/h5-8,15H,3-4,9-13,17H2,1-2H3. The Morgan fingerprint density at radius 2 is 1.80 bits per heavy atom. The zero-order valence-corrected chi connectivity index (χ0v) is 12.7. The van der Waals surface area contributed by atoms with Crippen LogP contribution in [0.5, 0.6) is 5.75 Å². The number of anilines is 1. The summed E-state index contributed by atoms with van der Waals surface area (Å²) in [6.45, 7) is 7.37. The first kappa shape index (κ1) is 15.1. The van der Waals surface area contributed by atoms with Crippen molar-refractivity contribution in [3.05, 3.63) is 24.3 Å². The summed E-state index contributed by atoms with van der Waals surface area (Å²) >= 11 is 0. The van der Waals surface area contributed by atoms with Crippen molar-refractivity contribution < 1.29 is 4.74 Å². The summed E-state index contributed by atoms with van der Waals surface area (Å²) in [5.41, 5.74) is 7.18. The van der Waals surface area contributed by atoms with Crippen molar-refractivity contribution in [1.29, 1.82) is 0 Å². The maximum Gasteiger partial charge on any atom is 0.119 e. The molecule has 1 aliphatic rings. The predicted molar refractivity (Wildman–Crippen MR) is 84.5 cm³/mol. The zero-order chi connectivity index (χ0) is 14.4. The Morgan fingerprint density at radius 1 is 1.15 bits per heavy atom. The smallest absolute Gasteiger partial charge is 0.119 e. The quantitative estimate of drug-likeness (QED) is 0.863. The fraction of sp³-hybridized carbons (Fsp3) is 0.625. The molecule has 1 aromatic rings. The third-order valence-corrected chi connectivity index (χ3v) is 4.16. The van der Waals surface area contributed by atoms with Gasteiger partial charge in [-0.3, -0.25) is 4.90 Å². The second-order valence-electron chi connectivity index (χ2n) is 5.40. The molecule has 0 aliphatic carbocycles. The summed E-state index contributed by atoms with van der Waals surface area (Å²) in [5.74, 6) is 0.915. The Morgan fingerprint density at radius 3 is 2.30 bits per heavy atom. The molecular formula is C16H27N3O. The van der Waals surface area contributed by atoms with Crippen LogP contribution in [-0.2, 0) is 0 Å². The van der Waals surface area contributed by atoms with Crippen LogP contribution in [0.25, 0.3) is 0 Å². The summed E-state index contributed by atoms with van der Waals surface area (Å²) in [7, 11) is 1.70. The van der Waals surface area contributed by atoms with Gasteiger partial charge >= 0.3 is 0 Å². The Bertz CT molecular complexity index is 385. The molecule has 2 rings (SSSR count). The van der Waals surface area contributed by atoms with Crippen molar-refractivity contribution in [2.24, 2.45) is 5.73 Å². The van der Waals surface area contributed by atoms with Crippen LogP contribution in [0.1, 0.15) is 19.8 Å². The number of hydrogen-bond acceptors (Lipinski definition) is 4. The number of nitrogens with zero attached hydrogens (tertiary/aromatic N) is 2. The number of benzene rings is 1. The summed E-state index contributed by atoms with van der Waals surface area (Å²) < 4.78 is 5.21. The molecule has 0 amide bonds. The molecule has 0 radical (unpaired) electrons. The van der Waals surface area contributed by atoms with E-state index in [2.05, 4.69) is 28.9 Å². The topological polar surface area (TPSA) is 41.7 Å². The molecule has 1 aliphatic heterocycles. The largest absolute Gasteiger partial charge is 0.497 e. The number of methoxy groups -OCH3 is 1. The van der Waals surface area contributed by atoms with E-state index in [-0.39, 0.29) is 0 Å². The van der Waals surface area contributed by atoms with Crippen molar-refractivity contribution >= 4 is 5.69 Å². The third-order valence-electron chi connectivity index (χ3n) is 4.16. The van der Waals surface area contributed by atoms with Gasteiger partial charge in [0.15, 0.2) is 0 Å². The van der Waals surface area contributed by atoms with Gasteiger partial charge in [0.2, 0.25) is 0 Å². The minimum absolute atomic E-state index is 0.554. The first-order chi connectivity index (χ1) is 9.78. The molecule has 1 unspecified atom stereocenters. The van der Waals surface area contributed by atoms with Crippen LogP contribution in [-0.4, -0.2) is 50.8 Å². The SMILES string of the molecule is CCCC(CN)N1CCN(c2ccc(OC)cc2)CC1. The van der Waals surface area contributed by atoms with Crippen LogP contribution >= 0.6 is 0 Å². The van der Waals surface area contributed by atoms with E-state index in [1.54, 1.807) is 7.11 Å². The van der Waals surface area contributed by atoms with Crippen molar-refractivity contribution in [1.82, 2.24) is 4.90 Å². The second-order valence-corrected chi connectivity index (χ2v) is 5.40. The first-order valence-electron chi connectivity index (χ1n) is 7.61. The molecular weight excluding hydrogens is 250 g/mol. The molecule has 112 valence electrons. The Kier molecular flexibility index (Phi) is 5.68. The van der Waals surface area contributed by atoms with Gasteiger partial charge in [-0.25, -0.2) is 0 Å². The predicted octanol–water partition coefficient (Wildman–Crippen LogP) is 1.94. The van der Waals surface area contributed by atoms with Gasteiger partial charge in [0.05, 0.1) is 7.11 Å². The number of hydrogen-bond donors (Lipinski definition) is 1. The average Bonchev–Trinajstić information content (AvgIpc) is 2.53. The fourth-order valence-corrected chi connectivity index (χ4v) is 2.92. The van der Waals surface area contributed by atoms with E-state index in [9.17, 15) is 0 Å². The van der Waals surface area contributed by atoms with Gasteiger partial charge in [-0.1, -0.05) is 13.3 Å². The lowest BCUT2D eigenvalue weighted by Crippen LogP contribution is -2.52. The van der Waals surface area contributed by atoms with Crippen LogP contribution in [0.3, 0.4) is 0 Å². The van der Waals surface area contributed by atoms with E-state index in [1.807, 2.05) is 12.1 Å². The van der Waals surface area contributed by atoms with Gasteiger partial charge in [0.1, 0.15) is 5.75 Å². The monoisotopic (exact) mass is 277 g/mol. The molecule has 0 spiro atoms. The van der Waals surface area contributed by atoms with E-state index in [4.69, 9.17) is 10.5 Å². The van der Waals surface area contributed by atoms with E-state index in [0.29, 0.717) is 6.04 Å². The van der Waals surface area contributed by atoms with E-state index < -0.39 is 0 Å². The molecule has 2 N–H and O–H groups in total. The van der Waals surface area contributed by atoms with Crippen molar-refractivity contribution in [3.8, 4) is 5.75 Å². The molecule has 1 atom stereocenters. The fourth-order valence-electron chi connectivity index (χ4n) is 2.92. The third kappa shape index (κ3) is 3.64. The van der Waals surface area contributed by atoms with Gasteiger partial charge in [-0.15, -0.1) is 0 Å². The Hall–Kier alpha value is -1.26. The molecule has 1 saturated heterocycles. The lowest BCUT2D eigenvalue weighted by Gasteiger charge is -2.40. The highest BCUT2D eigenvalue weighted by Gasteiger charge is 2.22. The lowest BCUT2D eigenvalue weighted by molar-refractivity contribution is 0.179. The van der Waals surface area contributed by atoms with Gasteiger partial charge in [-0.2, -0.15) is 0 Å². The number of rotatable bonds is 6. The first-order valence-corrected chi connectivity index (χ1v) is 7.61. The van der Waals surface area contributed by atoms with Crippen LogP contribution in [0, 0.1) is 0 Å². The van der Waals surface area contributed by atoms with E-state index in [1.165, 1.54) is 18.5 Å². The zero-order valence-electron chi connectivity index (χ0n) is 12.7. The van der Waals surface area contributed by atoms with E-state index >= 15 is 0 Å². The summed E-state index contributed by atoms with van der Waals surface area (Å²) in [4.78, 5) is 4.99. The van der Waals surface area contributed by atoms with Crippen LogP contribution in [0.2, 0.25) is 0 Å². The highest BCUT2D eigenvalue weighted by atomic mass is 16.5. The van der Waals surface area contributed by atoms with Gasteiger partial charge in [-0.05, 0) is 30.7 Å². The molecule has 0 aromatic heterocycles. The highest BCUT2D eigenvalue weighted by Crippen LogP contribution is 2.21. The lowest BCUT2D eigenvalue weighted by atomic mass is 10.1. The maximum atomic E-state index is 5.90. The Labute approximate surface area is 122 Å². The van der Waals surface area contributed by atoms with Gasteiger partial charge in [0.25, 0.3) is 0 Å². The maximum absolute atomic E-state index is 5.90. The molecule has 4 heteroatoms. The van der Waals surface area contributed by atoms with Crippen molar-refractivity contribution in [2.45, 2.75) is 25.8 Å². The van der Waals surface area contributed by atoms with Crippen molar-refractivity contribution in [3.63, 3.8) is 0 Å². The molecule has 20 heavy (non-hydrogen) atoms. The van der Waals surface area contributed by atoms with Crippen molar-refractivity contribution in [2.75, 3.05) is 44.7 Å². The van der Waals surface area contributed by atoms with Gasteiger partial charge in [0, 0.05) is 44.5 Å². The molecule has 0 saturated carbocycles. The Balaban J connectivity index is 1.89. The normalized spacial score (nSPS) is 18.1. The number of ether oxygens (including phenoxy) is 1. The highest BCUT2D eigenvalue weighted by molar-refractivity contribution is 5.49. The van der Waals surface area contributed by atoms with Crippen LogP contribution in [0.15, 0.2) is 24.3 Å². The summed E-state index contributed by atoms with van der Waals surface area (Å²) in [6.07, 6.45) is 2.42. The molecule has 1 heterocycles. The van der Waals surface area contributed by atoms with Gasteiger partial charge < -0.3 is 15.4 Å². The number of nitrogens with two attached hydrogens (primary N) is 1. The summed E-state index contributed by atoms with van der Waals surface area (Å²) in [6, 6.07) is 8.89. The van der Waals surface area contributed by atoms with Crippen LogP contribution < -0.4 is 15.4 Å². The molecule has 0 bridgehead atoms. The molecule has 4 nitrogen and oxygen atoms in total. The van der Waals surface area contributed by atoms with Crippen LogP contribution in [0.4, 0.5) is 5.69 Å². The minimum Gasteiger partial charge on any atom is -0.497 e.